The Morgan fingerprint density at radius 3 is 2.41 bits per heavy atom. The van der Waals surface area contributed by atoms with Crippen molar-refractivity contribution in [3.63, 3.8) is 0 Å². The van der Waals surface area contributed by atoms with Crippen LogP contribution in [-0.2, 0) is 11.8 Å². The number of hydrogen-bond acceptors (Lipinski definition) is 8. The number of fused-ring (bicyclic) bond motifs is 1. The molecule has 2 aromatic carbocycles. The molecule has 9 nitrogen and oxygen atoms in total. The summed E-state index contributed by atoms with van der Waals surface area (Å²) in [5.41, 5.74) is 4.28. The van der Waals surface area contributed by atoms with Crippen molar-refractivity contribution in [1.82, 2.24) is 19.7 Å². The van der Waals surface area contributed by atoms with Crippen LogP contribution in [0.15, 0.2) is 55.0 Å². The van der Waals surface area contributed by atoms with Gasteiger partial charge in [0, 0.05) is 74.1 Å². The van der Waals surface area contributed by atoms with Crippen molar-refractivity contribution >= 4 is 22.4 Å². The Hall–Kier alpha value is -3.69. The van der Waals surface area contributed by atoms with E-state index in [-0.39, 0.29) is 5.92 Å². The molecule has 37 heavy (non-hydrogen) atoms. The number of rotatable bonds is 8. The molecule has 9 heteroatoms. The largest absolute Gasteiger partial charge is 0.497 e. The molecule has 194 valence electrons. The average molecular weight is 504 g/mol. The van der Waals surface area contributed by atoms with E-state index < -0.39 is 5.60 Å². The molecular formula is C28H33N5O4. The minimum absolute atomic E-state index is 0.0305. The molecule has 1 unspecified atom stereocenters. The van der Waals surface area contributed by atoms with Crippen molar-refractivity contribution in [3.05, 3.63) is 55.0 Å². The molecule has 1 fully saturated rings. The van der Waals surface area contributed by atoms with Crippen molar-refractivity contribution in [2.45, 2.75) is 25.4 Å². The van der Waals surface area contributed by atoms with Crippen LogP contribution in [0, 0.1) is 5.92 Å². The van der Waals surface area contributed by atoms with Gasteiger partial charge in [-0.2, -0.15) is 5.10 Å². The minimum Gasteiger partial charge on any atom is -0.497 e. The standard InChI is InChI=1S/C28H33N5O4/c1-19(28(34)7-9-37-10-8-28)17-33(22-11-23(35-3)14-24(12-22)36-4)21-5-6-25-26(13-21)31-27(16-29-25)20-15-30-32(2)18-20/h5-6,11-16,18-19,34H,7-10,17H2,1-4H3. The average Bonchev–Trinajstić information content (AvgIpc) is 3.37. The molecule has 1 aliphatic heterocycles. The lowest BCUT2D eigenvalue weighted by Gasteiger charge is -2.40. The number of aryl methyl sites for hydroxylation is 1. The van der Waals surface area contributed by atoms with E-state index in [1.165, 1.54) is 0 Å². The van der Waals surface area contributed by atoms with Crippen LogP contribution in [0.4, 0.5) is 11.4 Å². The quantitative estimate of drug-likeness (QED) is 0.379. The topological polar surface area (TPSA) is 94.8 Å². The predicted octanol–water partition coefficient (Wildman–Crippen LogP) is 4.36. The summed E-state index contributed by atoms with van der Waals surface area (Å²) >= 11 is 0. The lowest BCUT2D eigenvalue weighted by atomic mass is 9.81. The van der Waals surface area contributed by atoms with E-state index in [1.54, 1.807) is 31.3 Å². The highest BCUT2D eigenvalue weighted by molar-refractivity contribution is 5.82. The van der Waals surface area contributed by atoms with Gasteiger partial charge in [0.2, 0.25) is 0 Å². The number of benzene rings is 2. The summed E-state index contributed by atoms with van der Waals surface area (Å²) in [6.45, 7) is 3.80. The third-order valence-corrected chi connectivity index (χ3v) is 7.22. The first-order chi connectivity index (χ1) is 17.9. The van der Waals surface area contributed by atoms with Gasteiger partial charge in [0.15, 0.2) is 0 Å². The third kappa shape index (κ3) is 5.23. The third-order valence-electron chi connectivity index (χ3n) is 7.22. The molecule has 0 aliphatic carbocycles. The van der Waals surface area contributed by atoms with Crippen LogP contribution >= 0.6 is 0 Å². The van der Waals surface area contributed by atoms with Crippen LogP contribution in [0.25, 0.3) is 22.3 Å². The first-order valence-corrected chi connectivity index (χ1v) is 12.4. The van der Waals surface area contributed by atoms with Crippen molar-refractivity contribution < 1.29 is 19.3 Å². The molecule has 0 spiro atoms. The fraction of sp³-hybridized carbons (Fsp3) is 0.393. The lowest BCUT2D eigenvalue weighted by Crippen LogP contribution is -2.46. The minimum atomic E-state index is -0.802. The highest BCUT2D eigenvalue weighted by Crippen LogP contribution is 2.37. The van der Waals surface area contributed by atoms with Crippen LogP contribution < -0.4 is 14.4 Å². The molecular weight excluding hydrogens is 470 g/mol. The Kier molecular flexibility index (Phi) is 6.99. The van der Waals surface area contributed by atoms with E-state index in [0.717, 1.165) is 33.7 Å². The number of aliphatic hydroxyl groups is 1. The van der Waals surface area contributed by atoms with Crippen LogP contribution in [0.3, 0.4) is 0 Å². The number of methoxy groups -OCH3 is 2. The van der Waals surface area contributed by atoms with Crippen LogP contribution in [0.2, 0.25) is 0 Å². The molecule has 5 rings (SSSR count). The van der Waals surface area contributed by atoms with Crippen molar-refractivity contribution in [3.8, 4) is 22.8 Å². The zero-order valence-electron chi connectivity index (χ0n) is 21.7. The van der Waals surface area contributed by atoms with E-state index in [0.29, 0.717) is 44.1 Å². The van der Waals surface area contributed by atoms with Gasteiger partial charge in [0.05, 0.1) is 48.9 Å². The molecule has 4 aromatic rings. The van der Waals surface area contributed by atoms with E-state index >= 15 is 0 Å². The second-order valence-corrected chi connectivity index (χ2v) is 9.63. The zero-order valence-corrected chi connectivity index (χ0v) is 21.7. The summed E-state index contributed by atoms with van der Waals surface area (Å²) in [6, 6.07) is 11.9. The van der Waals surface area contributed by atoms with Crippen LogP contribution in [0.5, 0.6) is 11.5 Å². The van der Waals surface area contributed by atoms with Gasteiger partial charge in [-0.1, -0.05) is 6.92 Å². The van der Waals surface area contributed by atoms with E-state index in [4.69, 9.17) is 19.2 Å². The SMILES string of the molecule is COc1cc(OC)cc(N(CC(C)C2(O)CCOCC2)c2ccc3ncc(-c4cnn(C)c4)nc3c2)c1. The molecule has 0 radical (unpaired) electrons. The molecule has 0 bridgehead atoms. The first kappa shape index (κ1) is 25.0. The Labute approximate surface area is 216 Å². The highest BCUT2D eigenvalue weighted by atomic mass is 16.5. The maximum absolute atomic E-state index is 11.4. The molecule has 1 N–H and O–H groups in total. The second kappa shape index (κ2) is 10.4. The fourth-order valence-corrected chi connectivity index (χ4v) is 4.83. The molecule has 3 heterocycles. The lowest BCUT2D eigenvalue weighted by molar-refractivity contribution is -0.0927. The molecule has 0 amide bonds. The van der Waals surface area contributed by atoms with Gasteiger partial charge in [-0.3, -0.25) is 9.67 Å². The van der Waals surface area contributed by atoms with Gasteiger partial charge in [-0.05, 0) is 31.0 Å². The van der Waals surface area contributed by atoms with Crippen molar-refractivity contribution in [1.29, 1.82) is 0 Å². The fourth-order valence-electron chi connectivity index (χ4n) is 4.83. The summed E-state index contributed by atoms with van der Waals surface area (Å²) < 4.78 is 18.4. The summed E-state index contributed by atoms with van der Waals surface area (Å²) in [7, 11) is 5.16. The monoisotopic (exact) mass is 503 g/mol. The Morgan fingerprint density at radius 2 is 1.76 bits per heavy atom. The smallest absolute Gasteiger partial charge is 0.124 e. The van der Waals surface area contributed by atoms with Crippen molar-refractivity contribution in [2.24, 2.45) is 13.0 Å². The van der Waals surface area contributed by atoms with Gasteiger partial charge in [-0.25, -0.2) is 4.98 Å². The van der Waals surface area contributed by atoms with Gasteiger partial charge < -0.3 is 24.2 Å². The predicted molar refractivity (Wildman–Crippen MR) is 142 cm³/mol. The van der Waals surface area contributed by atoms with Gasteiger partial charge in [0.1, 0.15) is 11.5 Å². The number of nitrogens with zero attached hydrogens (tertiary/aromatic N) is 5. The van der Waals surface area contributed by atoms with Gasteiger partial charge in [-0.15, -0.1) is 0 Å². The summed E-state index contributed by atoms with van der Waals surface area (Å²) in [4.78, 5) is 11.7. The van der Waals surface area contributed by atoms with Gasteiger partial charge >= 0.3 is 0 Å². The Bertz CT molecular complexity index is 1360. The zero-order chi connectivity index (χ0) is 26.0. The number of anilines is 2. The Balaban J connectivity index is 1.58. The van der Waals surface area contributed by atoms with Crippen LogP contribution in [-0.4, -0.2) is 64.4 Å². The molecule has 1 saturated heterocycles. The van der Waals surface area contributed by atoms with Crippen molar-refractivity contribution in [2.75, 3.05) is 38.9 Å². The van der Waals surface area contributed by atoms with Crippen LogP contribution in [0.1, 0.15) is 19.8 Å². The number of aromatic nitrogens is 4. The van der Waals surface area contributed by atoms with E-state index in [1.807, 2.05) is 49.6 Å². The Morgan fingerprint density at radius 1 is 1.03 bits per heavy atom. The molecule has 1 atom stereocenters. The number of ether oxygens (including phenoxy) is 3. The summed E-state index contributed by atoms with van der Waals surface area (Å²) in [5, 5.41) is 15.7. The molecule has 0 saturated carbocycles. The molecule has 1 aliphatic rings. The second-order valence-electron chi connectivity index (χ2n) is 9.63. The molecule has 2 aromatic heterocycles. The van der Waals surface area contributed by atoms with E-state index in [9.17, 15) is 5.11 Å². The summed E-state index contributed by atoms with van der Waals surface area (Å²) in [6.07, 6.45) is 6.70. The first-order valence-electron chi connectivity index (χ1n) is 12.4. The maximum atomic E-state index is 11.4. The van der Waals surface area contributed by atoms with Gasteiger partial charge in [0.25, 0.3) is 0 Å². The number of hydrogen-bond donors (Lipinski definition) is 1. The maximum Gasteiger partial charge on any atom is 0.124 e. The normalized spacial score (nSPS) is 15.9. The summed E-state index contributed by atoms with van der Waals surface area (Å²) in [5.74, 6) is 1.35. The highest BCUT2D eigenvalue weighted by Gasteiger charge is 2.37. The van der Waals surface area contributed by atoms with E-state index in [2.05, 4.69) is 21.9 Å².